The molecule has 90 valence electrons. The lowest BCUT2D eigenvalue weighted by Gasteiger charge is -2.21. The van der Waals surface area contributed by atoms with Gasteiger partial charge in [-0.1, -0.05) is 0 Å². The van der Waals surface area contributed by atoms with E-state index in [1.165, 1.54) is 11.1 Å². The predicted molar refractivity (Wildman–Crippen MR) is 60.7 cm³/mol. The molecule has 1 aromatic rings. The molecule has 1 N–H and O–H groups in total. The summed E-state index contributed by atoms with van der Waals surface area (Å²) < 4.78 is 0. The fourth-order valence-electron chi connectivity index (χ4n) is 2.03. The minimum atomic E-state index is -0.934. The predicted octanol–water partition coefficient (Wildman–Crippen LogP) is 1.08. The normalized spacial score (nSPS) is 19.4. The van der Waals surface area contributed by atoms with Crippen molar-refractivity contribution in [2.75, 3.05) is 6.54 Å². The van der Waals surface area contributed by atoms with Crippen molar-refractivity contribution in [1.82, 2.24) is 9.88 Å². The van der Waals surface area contributed by atoms with Gasteiger partial charge in [-0.15, -0.1) is 0 Å². The van der Waals surface area contributed by atoms with Crippen LogP contribution in [-0.4, -0.2) is 39.5 Å². The lowest BCUT2D eigenvalue weighted by molar-refractivity contribution is -0.141. The van der Waals surface area contributed by atoms with Crippen molar-refractivity contribution in [3.05, 3.63) is 29.6 Å². The molecule has 5 heteroatoms. The maximum absolute atomic E-state index is 12.1. The molecule has 0 aromatic carbocycles. The number of carboxylic acid groups (broad SMARTS) is 1. The van der Waals surface area contributed by atoms with Crippen LogP contribution in [0.25, 0.3) is 0 Å². The van der Waals surface area contributed by atoms with Crippen LogP contribution in [-0.2, 0) is 4.79 Å². The van der Waals surface area contributed by atoms with Crippen LogP contribution < -0.4 is 0 Å². The Morgan fingerprint density at radius 2 is 2.24 bits per heavy atom. The zero-order chi connectivity index (χ0) is 12.4. The third kappa shape index (κ3) is 2.27. The number of aryl methyl sites for hydroxylation is 1. The lowest BCUT2D eigenvalue weighted by atomic mass is 10.2. The molecule has 2 rings (SSSR count). The highest BCUT2D eigenvalue weighted by Crippen LogP contribution is 2.20. The van der Waals surface area contributed by atoms with Crippen LogP contribution in [0.1, 0.15) is 28.9 Å². The summed E-state index contributed by atoms with van der Waals surface area (Å²) in [5.74, 6) is -1.18. The van der Waals surface area contributed by atoms with Gasteiger partial charge in [-0.3, -0.25) is 9.78 Å². The Balaban J connectivity index is 2.19. The van der Waals surface area contributed by atoms with E-state index in [4.69, 9.17) is 5.11 Å². The molecule has 0 bridgehead atoms. The van der Waals surface area contributed by atoms with Gasteiger partial charge in [0, 0.05) is 18.4 Å². The van der Waals surface area contributed by atoms with Crippen LogP contribution in [0.3, 0.4) is 0 Å². The summed E-state index contributed by atoms with van der Waals surface area (Å²) in [4.78, 5) is 28.5. The molecule has 5 nitrogen and oxygen atoms in total. The number of pyridine rings is 1. The third-order valence-electron chi connectivity index (χ3n) is 2.96. The molecule has 1 fully saturated rings. The van der Waals surface area contributed by atoms with E-state index in [9.17, 15) is 9.59 Å². The number of carbonyl (C=O) groups is 2. The Kier molecular flexibility index (Phi) is 3.08. The van der Waals surface area contributed by atoms with Gasteiger partial charge >= 0.3 is 5.97 Å². The van der Waals surface area contributed by atoms with Crippen molar-refractivity contribution in [2.24, 2.45) is 0 Å². The van der Waals surface area contributed by atoms with E-state index in [2.05, 4.69) is 4.98 Å². The Hall–Kier alpha value is -1.91. The van der Waals surface area contributed by atoms with Crippen LogP contribution in [0, 0.1) is 6.92 Å². The fourth-order valence-corrected chi connectivity index (χ4v) is 2.03. The number of hydrogen-bond acceptors (Lipinski definition) is 3. The SMILES string of the molecule is Cc1ccc(C(=O)N2CCC[C@H]2C(=O)O)cn1. The van der Waals surface area contributed by atoms with Crippen LogP contribution in [0.2, 0.25) is 0 Å². The first-order valence-electron chi connectivity index (χ1n) is 5.56. The first-order chi connectivity index (χ1) is 8.09. The summed E-state index contributed by atoms with van der Waals surface area (Å²) in [5, 5.41) is 9.01. The fraction of sp³-hybridized carbons (Fsp3) is 0.417. The Bertz CT molecular complexity index is 442. The summed E-state index contributed by atoms with van der Waals surface area (Å²) >= 11 is 0. The third-order valence-corrected chi connectivity index (χ3v) is 2.96. The van der Waals surface area contributed by atoms with Crippen molar-refractivity contribution < 1.29 is 14.7 Å². The van der Waals surface area contributed by atoms with Gasteiger partial charge < -0.3 is 10.0 Å². The molecular formula is C12H14N2O3. The number of nitrogens with zero attached hydrogens (tertiary/aromatic N) is 2. The van der Waals surface area contributed by atoms with Crippen molar-refractivity contribution in [3.63, 3.8) is 0 Å². The molecule has 0 radical (unpaired) electrons. The number of carboxylic acids is 1. The van der Waals surface area contributed by atoms with Gasteiger partial charge in [0.2, 0.25) is 0 Å². The smallest absolute Gasteiger partial charge is 0.326 e. The topological polar surface area (TPSA) is 70.5 Å². The minimum Gasteiger partial charge on any atom is -0.480 e. The van der Waals surface area contributed by atoms with E-state index in [1.54, 1.807) is 12.1 Å². The summed E-state index contributed by atoms with van der Waals surface area (Å²) in [6, 6.07) is 2.74. The summed E-state index contributed by atoms with van der Waals surface area (Å²) in [5.41, 5.74) is 1.28. The zero-order valence-electron chi connectivity index (χ0n) is 9.59. The second-order valence-electron chi connectivity index (χ2n) is 4.18. The summed E-state index contributed by atoms with van der Waals surface area (Å²) in [6.07, 6.45) is 2.76. The second-order valence-corrected chi connectivity index (χ2v) is 4.18. The first-order valence-corrected chi connectivity index (χ1v) is 5.56. The molecule has 0 saturated carbocycles. The van der Waals surface area contributed by atoms with E-state index in [1.807, 2.05) is 6.92 Å². The molecule has 1 atom stereocenters. The van der Waals surface area contributed by atoms with Crippen molar-refractivity contribution >= 4 is 11.9 Å². The Labute approximate surface area is 99.1 Å². The minimum absolute atomic E-state index is 0.248. The van der Waals surface area contributed by atoms with Crippen LogP contribution in [0.5, 0.6) is 0 Å². The van der Waals surface area contributed by atoms with Gasteiger partial charge in [0.15, 0.2) is 0 Å². The average molecular weight is 234 g/mol. The average Bonchev–Trinajstić information content (AvgIpc) is 2.78. The van der Waals surface area contributed by atoms with Gasteiger partial charge in [-0.05, 0) is 31.9 Å². The number of rotatable bonds is 2. The zero-order valence-corrected chi connectivity index (χ0v) is 9.59. The van der Waals surface area contributed by atoms with Gasteiger partial charge in [-0.2, -0.15) is 0 Å². The van der Waals surface area contributed by atoms with Crippen LogP contribution >= 0.6 is 0 Å². The van der Waals surface area contributed by atoms with Crippen molar-refractivity contribution in [1.29, 1.82) is 0 Å². The van der Waals surface area contributed by atoms with Crippen LogP contribution in [0.15, 0.2) is 18.3 Å². The molecule has 1 aliphatic heterocycles. The number of aliphatic carboxylic acids is 1. The molecule has 0 unspecified atom stereocenters. The first kappa shape index (κ1) is 11.6. The highest BCUT2D eigenvalue weighted by molar-refractivity contribution is 5.96. The molecule has 1 aromatic heterocycles. The number of aromatic nitrogens is 1. The standard InChI is InChI=1S/C12H14N2O3/c1-8-4-5-9(7-13-8)11(15)14-6-2-3-10(14)12(16)17/h4-5,7,10H,2-3,6H2,1H3,(H,16,17)/t10-/m0/s1. The quantitative estimate of drug-likeness (QED) is 0.831. The van der Waals surface area contributed by atoms with Gasteiger partial charge in [0.1, 0.15) is 6.04 Å². The highest BCUT2D eigenvalue weighted by Gasteiger charge is 2.34. The van der Waals surface area contributed by atoms with E-state index in [-0.39, 0.29) is 5.91 Å². The van der Waals surface area contributed by atoms with E-state index < -0.39 is 12.0 Å². The van der Waals surface area contributed by atoms with E-state index in [0.717, 1.165) is 12.1 Å². The molecule has 1 amide bonds. The second kappa shape index (κ2) is 4.53. The van der Waals surface area contributed by atoms with Crippen molar-refractivity contribution in [2.45, 2.75) is 25.8 Å². The molecule has 1 aliphatic rings. The van der Waals surface area contributed by atoms with E-state index >= 15 is 0 Å². The number of likely N-dealkylation sites (tertiary alicyclic amines) is 1. The summed E-state index contributed by atoms with van der Waals surface area (Å²) in [7, 11) is 0. The van der Waals surface area contributed by atoms with Gasteiger partial charge in [-0.25, -0.2) is 4.79 Å². The maximum Gasteiger partial charge on any atom is 0.326 e. The lowest BCUT2D eigenvalue weighted by Crippen LogP contribution is -2.40. The molecule has 17 heavy (non-hydrogen) atoms. The molecule has 1 saturated heterocycles. The van der Waals surface area contributed by atoms with E-state index in [0.29, 0.717) is 18.5 Å². The molecule has 0 aliphatic carbocycles. The van der Waals surface area contributed by atoms with Gasteiger partial charge in [0.05, 0.1) is 5.56 Å². The maximum atomic E-state index is 12.1. The monoisotopic (exact) mass is 234 g/mol. The number of amides is 1. The van der Waals surface area contributed by atoms with Gasteiger partial charge in [0.25, 0.3) is 5.91 Å². The highest BCUT2D eigenvalue weighted by atomic mass is 16.4. The van der Waals surface area contributed by atoms with Crippen LogP contribution in [0.4, 0.5) is 0 Å². The largest absolute Gasteiger partial charge is 0.480 e. The molecule has 2 heterocycles. The number of carbonyl (C=O) groups excluding carboxylic acids is 1. The van der Waals surface area contributed by atoms with Crippen molar-refractivity contribution in [3.8, 4) is 0 Å². The Morgan fingerprint density at radius 1 is 1.47 bits per heavy atom. The Morgan fingerprint density at radius 3 is 2.82 bits per heavy atom. The number of hydrogen-bond donors (Lipinski definition) is 1. The molecular weight excluding hydrogens is 220 g/mol. The molecule has 0 spiro atoms. The summed E-state index contributed by atoms with van der Waals surface area (Å²) in [6.45, 7) is 2.34.